The minimum Gasteiger partial charge on any atom is -0.351 e. The molecule has 0 fully saturated rings. The predicted octanol–water partition coefficient (Wildman–Crippen LogP) is 1.16. The van der Waals surface area contributed by atoms with Crippen LogP contribution in [0.15, 0.2) is 12.1 Å². The Morgan fingerprint density at radius 3 is 2.93 bits per heavy atom. The van der Waals surface area contributed by atoms with Crippen molar-refractivity contribution < 1.29 is 4.79 Å². The second-order valence-corrected chi connectivity index (χ2v) is 3.33. The van der Waals surface area contributed by atoms with Crippen molar-refractivity contribution in [2.45, 2.75) is 13.3 Å². The van der Waals surface area contributed by atoms with Crippen LogP contribution < -0.4 is 16.6 Å². The molecule has 15 heavy (non-hydrogen) atoms. The molecule has 0 radical (unpaired) electrons. The molecular weight excluding hydrogens is 216 g/mol. The number of halogens is 1. The third-order valence-electron chi connectivity index (χ3n) is 1.74. The lowest BCUT2D eigenvalue weighted by Gasteiger charge is -2.06. The van der Waals surface area contributed by atoms with Crippen LogP contribution in [-0.2, 0) is 0 Å². The molecule has 0 saturated heterocycles. The topological polar surface area (TPSA) is 80.0 Å². The predicted molar refractivity (Wildman–Crippen MR) is 59.7 cm³/mol. The Hall–Kier alpha value is -1.33. The van der Waals surface area contributed by atoms with Gasteiger partial charge >= 0.3 is 0 Å². The van der Waals surface area contributed by atoms with E-state index < -0.39 is 0 Å². The van der Waals surface area contributed by atoms with Crippen molar-refractivity contribution >= 4 is 23.3 Å². The molecule has 0 bridgehead atoms. The number of nitrogens with two attached hydrogens (primary N) is 1. The van der Waals surface area contributed by atoms with Crippen molar-refractivity contribution in [2.24, 2.45) is 5.84 Å². The molecule has 6 heteroatoms. The zero-order valence-corrected chi connectivity index (χ0v) is 9.14. The van der Waals surface area contributed by atoms with Gasteiger partial charge in [0, 0.05) is 6.54 Å². The second kappa shape index (κ2) is 5.53. The molecule has 1 rings (SSSR count). The van der Waals surface area contributed by atoms with E-state index in [-0.39, 0.29) is 11.6 Å². The summed E-state index contributed by atoms with van der Waals surface area (Å²) >= 11 is 5.84. The summed E-state index contributed by atoms with van der Waals surface area (Å²) in [5.74, 6) is 5.29. The summed E-state index contributed by atoms with van der Waals surface area (Å²) < 4.78 is 0. The first-order chi connectivity index (χ1) is 7.19. The van der Waals surface area contributed by atoms with E-state index in [2.05, 4.69) is 15.7 Å². The van der Waals surface area contributed by atoms with Gasteiger partial charge in [-0.2, -0.15) is 0 Å². The van der Waals surface area contributed by atoms with Crippen molar-refractivity contribution in [1.29, 1.82) is 0 Å². The normalized spacial score (nSPS) is 9.80. The molecule has 0 saturated carbocycles. The molecule has 1 aromatic rings. The van der Waals surface area contributed by atoms with Gasteiger partial charge in [0.1, 0.15) is 11.5 Å². The van der Waals surface area contributed by atoms with Crippen LogP contribution in [0.3, 0.4) is 0 Å². The van der Waals surface area contributed by atoms with Gasteiger partial charge in [-0.15, -0.1) is 0 Å². The quantitative estimate of drug-likeness (QED) is 0.534. The highest BCUT2D eigenvalue weighted by Gasteiger charge is 2.11. The summed E-state index contributed by atoms with van der Waals surface area (Å²) in [6.07, 6.45) is 0.859. The number of amides is 1. The number of hydrogen-bond acceptors (Lipinski definition) is 4. The molecule has 0 aliphatic rings. The molecule has 0 aromatic carbocycles. The molecule has 4 N–H and O–H groups in total. The maximum absolute atomic E-state index is 11.6. The van der Waals surface area contributed by atoms with Crippen LogP contribution in [0, 0.1) is 0 Å². The molecule has 0 unspecified atom stereocenters. The van der Waals surface area contributed by atoms with Gasteiger partial charge in [-0.25, -0.2) is 10.8 Å². The number of anilines is 1. The Labute approximate surface area is 93.0 Å². The molecule has 1 heterocycles. The highest BCUT2D eigenvalue weighted by atomic mass is 35.5. The van der Waals surface area contributed by atoms with Gasteiger partial charge < -0.3 is 10.7 Å². The lowest BCUT2D eigenvalue weighted by Crippen LogP contribution is -2.25. The van der Waals surface area contributed by atoms with Crippen LogP contribution in [0.4, 0.5) is 5.82 Å². The van der Waals surface area contributed by atoms with E-state index in [1.54, 1.807) is 12.1 Å². The Morgan fingerprint density at radius 2 is 2.33 bits per heavy atom. The molecule has 0 spiro atoms. The lowest BCUT2D eigenvalue weighted by molar-refractivity contribution is 0.0949. The fraction of sp³-hybridized carbons (Fsp3) is 0.333. The minimum absolute atomic E-state index is 0.181. The fourth-order valence-electron chi connectivity index (χ4n) is 1.00. The number of carbonyl (C=O) groups excluding carboxylic acids is 1. The van der Waals surface area contributed by atoms with Gasteiger partial charge in [0.05, 0.1) is 5.02 Å². The summed E-state index contributed by atoms with van der Waals surface area (Å²) in [6.45, 7) is 2.56. The summed E-state index contributed by atoms with van der Waals surface area (Å²) in [5.41, 5.74) is 2.54. The average molecular weight is 229 g/mol. The van der Waals surface area contributed by atoms with Crippen LogP contribution in [0.1, 0.15) is 23.8 Å². The third-order valence-corrected chi connectivity index (χ3v) is 2.05. The largest absolute Gasteiger partial charge is 0.351 e. The van der Waals surface area contributed by atoms with Crippen molar-refractivity contribution in [2.75, 3.05) is 12.0 Å². The van der Waals surface area contributed by atoms with Crippen LogP contribution in [0.2, 0.25) is 5.02 Å². The SMILES string of the molecule is CCCNC(=O)c1nc(NN)ccc1Cl. The van der Waals surface area contributed by atoms with Gasteiger partial charge in [0.2, 0.25) is 0 Å². The maximum atomic E-state index is 11.6. The molecule has 5 nitrogen and oxygen atoms in total. The summed E-state index contributed by atoms with van der Waals surface area (Å²) in [4.78, 5) is 15.5. The van der Waals surface area contributed by atoms with Crippen LogP contribution in [0.25, 0.3) is 0 Å². The number of rotatable bonds is 4. The molecule has 0 aliphatic heterocycles. The van der Waals surface area contributed by atoms with Gasteiger partial charge in [0.15, 0.2) is 0 Å². The number of nitrogen functional groups attached to an aromatic ring is 1. The van der Waals surface area contributed by atoms with Crippen molar-refractivity contribution in [3.63, 3.8) is 0 Å². The third kappa shape index (κ3) is 3.07. The fourth-order valence-corrected chi connectivity index (χ4v) is 1.20. The van der Waals surface area contributed by atoms with Crippen molar-refractivity contribution in [3.8, 4) is 0 Å². The van der Waals surface area contributed by atoms with Crippen molar-refractivity contribution in [1.82, 2.24) is 10.3 Å². The number of pyridine rings is 1. The monoisotopic (exact) mass is 228 g/mol. The maximum Gasteiger partial charge on any atom is 0.271 e. The molecular formula is C9H13ClN4O. The van der Waals surface area contributed by atoms with Gasteiger partial charge in [-0.3, -0.25) is 4.79 Å². The first-order valence-corrected chi connectivity index (χ1v) is 4.98. The van der Waals surface area contributed by atoms with E-state index in [0.717, 1.165) is 6.42 Å². The van der Waals surface area contributed by atoms with Crippen LogP contribution >= 0.6 is 11.6 Å². The van der Waals surface area contributed by atoms with E-state index in [4.69, 9.17) is 17.4 Å². The zero-order chi connectivity index (χ0) is 11.3. The average Bonchev–Trinajstić information content (AvgIpc) is 2.26. The standard InChI is InChI=1S/C9H13ClN4O/c1-2-5-12-9(15)8-6(10)3-4-7(13-8)14-11/h3-4H,2,5,11H2,1H3,(H,12,15)(H,13,14). The van der Waals surface area contributed by atoms with Crippen molar-refractivity contribution in [3.05, 3.63) is 22.8 Å². The first kappa shape index (κ1) is 11.7. The Bertz CT molecular complexity index is 356. The summed E-state index contributed by atoms with van der Waals surface area (Å²) in [6, 6.07) is 3.17. The Morgan fingerprint density at radius 1 is 1.60 bits per heavy atom. The molecule has 1 aromatic heterocycles. The van der Waals surface area contributed by atoms with E-state index in [0.29, 0.717) is 17.4 Å². The number of hydrogen-bond donors (Lipinski definition) is 3. The zero-order valence-electron chi connectivity index (χ0n) is 8.38. The number of hydrazine groups is 1. The number of nitrogens with zero attached hydrogens (tertiary/aromatic N) is 1. The number of carbonyl (C=O) groups is 1. The molecule has 1 amide bonds. The summed E-state index contributed by atoms with van der Waals surface area (Å²) in [5, 5.41) is 2.99. The van der Waals surface area contributed by atoms with Gasteiger partial charge in [-0.1, -0.05) is 18.5 Å². The Balaban J connectivity index is 2.86. The van der Waals surface area contributed by atoms with E-state index in [1.807, 2.05) is 6.92 Å². The Kier molecular flexibility index (Phi) is 4.33. The number of nitrogens with one attached hydrogen (secondary N) is 2. The minimum atomic E-state index is -0.293. The smallest absolute Gasteiger partial charge is 0.271 e. The van der Waals surface area contributed by atoms with E-state index in [1.165, 1.54) is 0 Å². The highest BCUT2D eigenvalue weighted by Crippen LogP contribution is 2.15. The molecule has 82 valence electrons. The van der Waals surface area contributed by atoms with E-state index in [9.17, 15) is 4.79 Å². The first-order valence-electron chi connectivity index (χ1n) is 4.60. The van der Waals surface area contributed by atoms with E-state index >= 15 is 0 Å². The molecule has 0 atom stereocenters. The highest BCUT2D eigenvalue weighted by molar-refractivity contribution is 6.33. The molecule has 0 aliphatic carbocycles. The lowest BCUT2D eigenvalue weighted by atomic mass is 10.3. The van der Waals surface area contributed by atoms with Gasteiger partial charge in [0.25, 0.3) is 5.91 Å². The van der Waals surface area contributed by atoms with Crippen LogP contribution in [0.5, 0.6) is 0 Å². The summed E-state index contributed by atoms with van der Waals surface area (Å²) in [7, 11) is 0. The number of aromatic nitrogens is 1. The second-order valence-electron chi connectivity index (χ2n) is 2.93. The van der Waals surface area contributed by atoms with Crippen LogP contribution in [-0.4, -0.2) is 17.4 Å². The van der Waals surface area contributed by atoms with Gasteiger partial charge in [-0.05, 0) is 18.6 Å².